The number of ether oxygens (including phenoxy) is 1. The summed E-state index contributed by atoms with van der Waals surface area (Å²) >= 11 is 3.59. The van der Waals surface area contributed by atoms with Crippen molar-refractivity contribution in [2.75, 3.05) is 26.0 Å². The van der Waals surface area contributed by atoms with Crippen LogP contribution in [0.25, 0.3) is 0 Å². The first-order chi connectivity index (χ1) is 7.79. The van der Waals surface area contributed by atoms with Crippen molar-refractivity contribution in [1.82, 2.24) is 10.3 Å². The summed E-state index contributed by atoms with van der Waals surface area (Å²) in [6, 6.07) is 0.539. The Bertz CT molecular complexity index is 324. The second-order valence-corrected chi connectivity index (χ2v) is 6.21. The highest BCUT2D eigenvalue weighted by atomic mass is 32.2. The van der Waals surface area contributed by atoms with Crippen molar-refractivity contribution in [1.29, 1.82) is 0 Å². The van der Waals surface area contributed by atoms with Gasteiger partial charge in [-0.15, -0.1) is 11.3 Å². The van der Waals surface area contributed by atoms with Gasteiger partial charge in [-0.3, -0.25) is 0 Å². The van der Waals surface area contributed by atoms with Crippen molar-refractivity contribution in [2.45, 2.75) is 23.7 Å². The van der Waals surface area contributed by atoms with Gasteiger partial charge < -0.3 is 10.1 Å². The molecular formula is C11H18N2OS2. The number of nitrogens with zero attached hydrogens (tertiary/aromatic N) is 1. The van der Waals surface area contributed by atoms with Crippen LogP contribution in [0.2, 0.25) is 0 Å². The molecular weight excluding hydrogens is 240 g/mol. The lowest BCUT2D eigenvalue weighted by molar-refractivity contribution is 0.180. The van der Waals surface area contributed by atoms with Crippen LogP contribution in [-0.4, -0.2) is 37.0 Å². The molecule has 1 fully saturated rings. The zero-order valence-electron chi connectivity index (χ0n) is 9.73. The average molecular weight is 258 g/mol. The van der Waals surface area contributed by atoms with Gasteiger partial charge in [-0.2, -0.15) is 0 Å². The van der Waals surface area contributed by atoms with Crippen LogP contribution in [0.5, 0.6) is 0 Å². The lowest BCUT2D eigenvalue weighted by atomic mass is 10.0. The summed E-state index contributed by atoms with van der Waals surface area (Å²) in [7, 11) is 2.04. The van der Waals surface area contributed by atoms with Crippen LogP contribution in [0.1, 0.15) is 12.1 Å². The normalized spacial score (nSPS) is 22.5. The molecule has 1 saturated heterocycles. The highest BCUT2D eigenvalue weighted by Gasteiger charge is 2.24. The third-order valence-corrected chi connectivity index (χ3v) is 5.15. The summed E-state index contributed by atoms with van der Waals surface area (Å²) in [6.07, 6.45) is 1.18. The Hall–Kier alpha value is -0.100. The van der Waals surface area contributed by atoms with Gasteiger partial charge in [-0.25, -0.2) is 4.98 Å². The van der Waals surface area contributed by atoms with Gasteiger partial charge in [-0.05, 0) is 20.4 Å². The van der Waals surface area contributed by atoms with E-state index in [1.165, 1.54) is 10.8 Å². The van der Waals surface area contributed by atoms with Crippen molar-refractivity contribution in [3.05, 3.63) is 11.1 Å². The number of hydrogen-bond acceptors (Lipinski definition) is 5. The van der Waals surface area contributed by atoms with E-state index in [9.17, 15) is 0 Å². The number of aromatic nitrogens is 1. The molecule has 0 spiro atoms. The van der Waals surface area contributed by atoms with Gasteiger partial charge in [0.2, 0.25) is 0 Å². The topological polar surface area (TPSA) is 34.2 Å². The highest BCUT2D eigenvalue weighted by molar-refractivity contribution is 8.01. The van der Waals surface area contributed by atoms with Gasteiger partial charge in [0.25, 0.3) is 0 Å². The molecule has 0 bridgehead atoms. The van der Waals surface area contributed by atoms with Crippen LogP contribution >= 0.6 is 23.1 Å². The quantitative estimate of drug-likeness (QED) is 0.821. The van der Waals surface area contributed by atoms with Crippen molar-refractivity contribution in [2.24, 2.45) is 5.92 Å². The Morgan fingerprint density at radius 1 is 1.75 bits per heavy atom. The van der Waals surface area contributed by atoms with E-state index in [0.717, 1.165) is 24.7 Å². The van der Waals surface area contributed by atoms with E-state index in [2.05, 4.69) is 15.7 Å². The molecule has 0 aromatic carbocycles. The van der Waals surface area contributed by atoms with E-state index in [0.29, 0.717) is 12.0 Å². The fraction of sp³-hybridized carbons (Fsp3) is 0.727. The molecule has 2 unspecified atom stereocenters. The summed E-state index contributed by atoms with van der Waals surface area (Å²) in [5, 5.41) is 5.50. The predicted molar refractivity (Wildman–Crippen MR) is 69.3 cm³/mol. The van der Waals surface area contributed by atoms with E-state index >= 15 is 0 Å². The molecule has 1 aliphatic rings. The Morgan fingerprint density at radius 3 is 3.19 bits per heavy atom. The van der Waals surface area contributed by atoms with E-state index in [1.54, 1.807) is 11.3 Å². The third-order valence-electron chi connectivity index (χ3n) is 2.89. The standard InChI is InChI=1S/C11H18N2OS2/c1-8-6-15-11(13-8)16-7-10(12-2)9-3-4-14-5-9/h6,9-10,12H,3-5,7H2,1-2H3. The Kier molecular flexibility index (Phi) is 4.64. The predicted octanol–water partition coefficient (Wildman–Crippen LogP) is 2.17. The molecule has 0 saturated carbocycles. The van der Waals surface area contributed by atoms with Crippen molar-refractivity contribution in [3.63, 3.8) is 0 Å². The number of thiazole rings is 1. The molecule has 3 nitrogen and oxygen atoms in total. The molecule has 2 atom stereocenters. The van der Waals surface area contributed by atoms with Crippen molar-refractivity contribution < 1.29 is 4.74 Å². The lowest BCUT2D eigenvalue weighted by Crippen LogP contribution is -2.36. The maximum Gasteiger partial charge on any atom is 0.150 e. The molecule has 0 radical (unpaired) electrons. The number of hydrogen-bond donors (Lipinski definition) is 1. The molecule has 2 rings (SSSR count). The van der Waals surface area contributed by atoms with E-state index in [-0.39, 0.29) is 0 Å². The van der Waals surface area contributed by atoms with Crippen molar-refractivity contribution >= 4 is 23.1 Å². The molecule has 1 N–H and O–H groups in total. The Morgan fingerprint density at radius 2 is 2.62 bits per heavy atom. The van der Waals surface area contributed by atoms with E-state index in [4.69, 9.17) is 4.74 Å². The van der Waals surface area contributed by atoms with Crippen LogP contribution in [0.3, 0.4) is 0 Å². The van der Waals surface area contributed by atoms with Gasteiger partial charge in [0.1, 0.15) is 4.34 Å². The smallest absolute Gasteiger partial charge is 0.150 e. The minimum absolute atomic E-state index is 0.539. The molecule has 2 heterocycles. The maximum atomic E-state index is 5.43. The minimum Gasteiger partial charge on any atom is -0.381 e. The molecule has 0 amide bonds. The fourth-order valence-electron chi connectivity index (χ4n) is 1.88. The molecule has 1 aliphatic heterocycles. The second kappa shape index (κ2) is 6.00. The summed E-state index contributed by atoms with van der Waals surface area (Å²) in [5.41, 5.74) is 1.12. The fourth-order valence-corrected chi connectivity index (χ4v) is 4.00. The Labute approximate surface area is 105 Å². The van der Waals surface area contributed by atoms with Gasteiger partial charge in [0.05, 0.1) is 6.61 Å². The highest BCUT2D eigenvalue weighted by Crippen LogP contribution is 2.26. The van der Waals surface area contributed by atoms with Gasteiger partial charge >= 0.3 is 0 Å². The van der Waals surface area contributed by atoms with E-state index < -0.39 is 0 Å². The number of nitrogens with one attached hydrogen (secondary N) is 1. The minimum atomic E-state index is 0.539. The van der Waals surface area contributed by atoms with Crippen LogP contribution in [0, 0.1) is 12.8 Å². The largest absolute Gasteiger partial charge is 0.381 e. The van der Waals surface area contributed by atoms with Crippen LogP contribution in [0.15, 0.2) is 9.72 Å². The lowest BCUT2D eigenvalue weighted by Gasteiger charge is -2.20. The molecule has 1 aromatic rings. The summed E-state index contributed by atoms with van der Waals surface area (Å²) in [6.45, 7) is 3.87. The SMILES string of the molecule is CNC(CSc1nc(C)cs1)C1CCOC1. The average Bonchev–Trinajstić information content (AvgIpc) is 2.91. The van der Waals surface area contributed by atoms with Crippen molar-refractivity contribution in [3.8, 4) is 0 Å². The van der Waals surface area contributed by atoms with Gasteiger partial charge in [0, 0.05) is 35.4 Å². The molecule has 16 heavy (non-hydrogen) atoms. The molecule has 5 heteroatoms. The summed E-state index contributed by atoms with van der Waals surface area (Å²) in [4.78, 5) is 4.47. The van der Waals surface area contributed by atoms with E-state index in [1.807, 2.05) is 25.7 Å². The number of thioether (sulfide) groups is 1. The first-order valence-corrected chi connectivity index (χ1v) is 7.46. The first-order valence-electron chi connectivity index (χ1n) is 5.59. The summed E-state index contributed by atoms with van der Waals surface area (Å²) < 4.78 is 6.61. The molecule has 0 aliphatic carbocycles. The summed E-state index contributed by atoms with van der Waals surface area (Å²) in [5.74, 6) is 1.75. The second-order valence-electron chi connectivity index (χ2n) is 4.08. The maximum absolute atomic E-state index is 5.43. The monoisotopic (exact) mass is 258 g/mol. The zero-order chi connectivity index (χ0) is 11.4. The first kappa shape index (κ1) is 12.4. The Balaban J connectivity index is 1.82. The zero-order valence-corrected chi connectivity index (χ0v) is 11.4. The molecule has 1 aromatic heterocycles. The van der Waals surface area contributed by atoms with Crippen LogP contribution < -0.4 is 5.32 Å². The van der Waals surface area contributed by atoms with Crippen LogP contribution in [-0.2, 0) is 4.74 Å². The van der Waals surface area contributed by atoms with Crippen LogP contribution in [0.4, 0.5) is 0 Å². The third kappa shape index (κ3) is 3.20. The van der Waals surface area contributed by atoms with Gasteiger partial charge in [-0.1, -0.05) is 11.8 Å². The molecule has 90 valence electrons. The number of aryl methyl sites for hydroxylation is 1. The van der Waals surface area contributed by atoms with Gasteiger partial charge in [0.15, 0.2) is 0 Å². The number of rotatable bonds is 5.